The van der Waals surface area contributed by atoms with Gasteiger partial charge >= 0.3 is 0 Å². The van der Waals surface area contributed by atoms with E-state index < -0.39 is 0 Å². The van der Waals surface area contributed by atoms with Crippen LogP contribution in [-0.2, 0) is 13.0 Å². The lowest BCUT2D eigenvalue weighted by molar-refractivity contribution is 0.300. The molecule has 164 valence electrons. The molecule has 1 aliphatic rings. The van der Waals surface area contributed by atoms with E-state index in [2.05, 4.69) is 39.9 Å². The van der Waals surface area contributed by atoms with Crippen molar-refractivity contribution in [3.63, 3.8) is 0 Å². The van der Waals surface area contributed by atoms with Crippen molar-refractivity contribution >= 4 is 39.7 Å². The topological polar surface area (TPSA) is 41.1 Å². The number of hydrogen-bond acceptors (Lipinski definition) is 5. The van der Waals surface area contributed by atoms with Crippen LogP contribution in [0.2, 0.25) is 5.02 Å². The maximum Gasteiger partial charge on any atom is 0.139 e. The molecular formula is C25H31ClN4S. The van der Waals surface area contributed by atoms with Crippen molar-refractivity contribution in [2.75, 3.05) is 25.5 Å². The van der Waals surface area contributed by atoms with Crippen LogP contribution in [-0.4, -0.2) is 30.6 Å². The summed E-state index contributed by atoms with van der Waals surface area (Å²) in [6, 6.07) is 10.2. The molecule has 0 saturated heterocycles. The van der Waals surface area contributed by atoms with Gasteiger partial charge in [0.25, 0.3) is 0 Å². The maximum absolute atomic E-state index is 6.18. The molecule has 6 heteroatoms. The average Bonchev–Trinajstić information content (AvgIpc) is 3.19. The summed E-state index contributed by atoms with van der Waals surface area (Å²) in [7, 11) is 4.08. The lowest BCUT2D eigenvalue weighted by Crippen LogP contribution is -2.25. The van der Waals surface area contributed by atoms with Gasteiger partial charge in [0.15, 0.2) is 0 Å². The lowest BCUT2D eigenvalue weighted by atomic mass is 9.82. The monoisotopic (exact) mass is 454 g/mol. The molecule has 0 unspecified atom stereocenters. The van der Waals surface area contributed by atoms with Gasteiger partial charge in [0.2, 0.25) is 0 Å². The van der Waals surface area contributed by atoms with Crippen LogP contribution in [0.5, 0.6) is 0 Å². The van der Waals surface area contributed by atoms with Gasteiger partial charge in [-0.3, -0.25) is 0 Å². The van der Waals surface area contributed by atoms with Gasteiger partial charge in [-0.05, 0) is 67.6 Å². The van der Waals surface area contributed by atoms with Crippen LogP contribution < -0.4 is 10.2 Å². The fraction of sp³-hybridized carbons (Fsp3) is 0.440. The molecule has 0 amide bonds. The van der Waals surface area contributed by atoms with Crippen LogP contribution in [0.4, 0.5) is 5.82 Å². The van der Waals surface area contributed by atoms with E-state index in [-0.39, 0.29) is 0 Å². The molecule has 3 aromatic rings. The fourth-order valence-corrected chi connectivity index (χ4v) is 5.40. The Kier molecular flexibility index (Phi) is 7.59. The Morgan fingerprint density at radius 2 is 1.94 bits per heavy atom. The molecular weight excluding hydrogens is 424 g/mol. The Hall–Kier alpha value is -1.95. The number of hydrogen-bond donors (Lipinski definition) is 1. The van der Waals surface area contributed by atoms with Crippen molar-refractivity contribution in [2.45, 2.75) is 38.6 Å². The Balaban J connectivity index is 1.25. The van der Waals surface area contributed by atoms with Gasteiger partial charge in [-0.15, -0.1) is 11.3 Å². The molecule has 0 radical (unpaired) electrons. The predicted octanol–water partition coefficient (Wildman–Crippen LogP) is 6.11. The summed E-state index contributed by atoms with van der Waals surface area (Å²) in [5.74, 6) is 3.33. The lowest BCUT2D eigenvalue weighted by Gasteiger charge is -2.27. The van der Waals surface area contributed by atoms with E-state index in [1.165, 1.54) is 30.6 Å². The average molecular weight is 455 g/mol. The number of benzene rings is 1. The first-order valence-corrected chi connectivity index (χ1v) is 12.4. The molecule has 0 spiro atoms. The third-order valence-corrected chi connectivity index (χ3v) is 7.45. The van der Waals surface area contributed by atoms with Crippen LogP contribution in [0.25, 0.3) is 10.9 Å². The number of aromatic nitrogens is 2. The van der Waals surface area contributed by atoms with Crippen LogP contribution >= 0.6 is 22.9 Å². The molecule has 1 N–H and O–H groups in total. The second-order valence-electron chi connectivity index (χ2n) is 8.61. The minimum absolute atomic E-state index is 0.678. The van der Waals surface area contributed by atoms with Crippen molar-refractivity contribution in [2.24, 2.45) is 11.8 Å². The summed E-state index contributed by atoms with van der Waals surface area (Å²) >= 11 is 7.91. The van der Waals surface area contributed by atoms with E-state index >= 15 is 0 Å². The largest absolute Gasteiger partial charge is 0.362 e. The van der Waals surface area contributed by atoms with Gasteiger partial charge in [-0.1, -0.05) is 35.9 Å². The quantitative estimate of drug-likeness (QED) is 0.417. The zero-order valence-corrected chi connectivity index (χ0v) is 19.9. The van der Waals surface area contributed by atoms with Gasteiger partial charge in [-0.25, -0.2) is 9.97 Å². The fourth-order valence-electron chi connectivity index (χ4n) is 4.33. The number of halogens is 1. The molecule has 1 aliphatic carbocycles. The van der Waals surface area contributed by atoms with E-state index in [4.69, 9.17) is 21.6 Å². The van der Waals surface area contributed by atoms with Gasteiger partial charge in [0.1, 0.15) is 11.6 Å². The predicted molar refractivity (Wildman–Crippen MR) is 133 cm³/mol. The molecule has 0 bridgehead atoms. The highest BCUT2D eigenvalue weighted by molar-refractivity contribution is 7.10. The summed E-state index contributed by atoms with van der Waals surface area (Å²) < 4.78 is 0. The minimum Gasteiger partial charge on any atom is -0.362 e. The molecule has 1 saturated carbocycles. The number of rotatable bonds is 8. The molecule has 1 fully saturated rings. The van der Waals surface area contributed by atoms with Crippen molar-refractivity contribution in [3.05, 3.63) is 63.6 Å². The second-order valence-corrected chi connectivity index (χ2v) is 10.0. The second kappa shape index (κ2) is 10.6. The number of anilines is 1. The third-order valence-electron chi connectivity index (χ3n) is 6.06. The number of allylic oxidation sites excluding steroid dienone is 2. The van der Waals surface area contributed by atoms with Gasteiger partial charge in [-0.2, -0.15) is 0 Å². The molecule has 2 aromatic heterocycles. The summed E-state index contributed by atoms with van der Waals surface area (Å²) in [5, 5.41) is 7.64. The van der Waals surface area contributed by atoms with E-state index in [1.54, 1.807) is 11.3 Å². The highest BCUT2D eigenvalue weighted by Gasteiger charge is 2.19. The molecule has 1 aromatic carbocycles. The first kappa shape index (κ1) is 22.3. The van der Waals surface area contributed by atoms with Crippen LogP contribution in [0, 0.1) is 11.8 Å². The zero-order chi connectivity index (χ0) is 21.6. The molecule has 4 nitrogen and oxygen atoms in total. The third kappa shape index (κ3) is 5.85. The smallest absolute Gasteiger partial charge is 0.139 e. The molecule has 31 heavy (non-hydrogen) atoms. The molecule has 0 atom stereocenters. The van der Waals surface area contributed by atoms with Crippen LogP contribution in [0.3, 0.4) is 0 Å². The summed E-state index contributed by atoms with van der Waals surface area (Å²) in [5.41, 5.74) is 1.02. The number of nitrogens with one attached hydrogen (secondary N) is 1. The summed E-state index contributed by atoms with van der Waals surface area (Å²) in [6.07, 6.45) is 10.6. The Bertz CT molecular complexity index is 1020. The van der Waals surface area contributed by atoms with Gasteiger partial charge in [0, 0.05) is 37.3 Å². The van der Waals surface area contributed by atoms with E-state index in [0.29, 0.717) is 5.92 Å². The first-order chi connectivity index (χ1) is 15.1. The van der Waals surface area contributed by atoms with Crippen molar-refractivity contribution in [1.29, 1.82) is 0 Å². The Morgan fingerprint density at radius 3 is 2.68 bits per heavy atom. The van der Waals surface area contributed by atoms with Crippen molar-refractivity contribution in [3.8, 4) is 0 Å². The Morgan fingerprint density at radius 1 is 1.13 bits per heavy atom. The molecule has 4 rings (SSSR count). The first-order valence-electron chi connectivity index (χ1n) is 11.1. The number of thiophene rings is 1. The highest BCUT2D eigenvalue weighted by atomic mass is 35.5. The summed E-state index contributed by atoms with van der Waals surface area (Å²) in [6.45, 7) is 1.97. The van der Waals surface area contributed by atoms with Crippen LogP contribution in [0.15, 0.2) is 47.9 Å². The van der Waals surface area contributed by atoms with Crippen molar-refractivity contribution < 1.29 is 0 Å². The summed E-state index contributed by atoms with van der Waals surface area (Å²) in [4.78, 5) is 12.9. The Labute approximate surface area is 194 Å². The van der Waals surface area contributed by atoms with Crippen LogP contribution in [0.1, 0.15) is 36.4 Å². The maximum atomic E-state index is 6.18. The SMILES string of the molecule is CN(C)c1nc(C/C=C/C2CCC(CNCc3sccc3Cl)CC2)nc2ccccc12. The highest BCUT2D eigenvalue weighted by Crippen LogP contribution is 2.30. The minimum atomic E-state index is 0.678. The number of para-hydroxylation sites is 1. The molecule has 0 aliphatic heterocycles. The van der Waals surface area contributed by atoms with Gasteiger partial charge in [0.05, 0.1) is 10.5 Å². The van der Waals surface area contributed by atoms with Gasteiger partial charge < -0.3 is 10.2 Å². The zero-order valence-electron chi connectivity index (χ0n) is 18.4. The normalized spacial score (nSPS) is 19.3. The number of fused-ring (bicyclic) bond motifs is 1. The number of nitrogens with zero attached hydrogens (tertiary/aromatic N) is 3. The van der Waals surface area contributed by atoms with E-state index in [0.717, 1.165) is 53.0 Å². The molecule has 2 heterocycles. The van der Waals surface area contributed by atoms with Crippen molar-refractivity contribution in [1.82, 2.24) is 15.3 Å². The van der Waals surface area contributed by atoms with E-state index in [9.17, 15) is 0 Å². The van der Waals surface area contributed by atoms with E-state index in [1.807, 2.05) is 32.3 Å². The standard InChI is InChI=1S/C25H31ClN4S/c1-30(2)25-20-7-3-4-8-22(20)28-24(29-25)9-5-6-18-10-12-19(13-11-18)16-27-17-23-21(26)14-15-31-23/h3-8,14-15,18-19,27H,9-13,16-17H2,1-2H3/b6-5+.